The summed E-state index contributed by atoms with van der Waals surface area (Å²) in [5, 5.41) is 6.01. The lowest BCUT2D eigenvalue weighted by Crippen LogP contribution is -2.45. The van der Waals surface area contributed by atoms with Crippen molar-refractivity contribution in [3.8, 4) is 0 Å². The highest BCUT2D eigenvalue weighted by molar-refractivity contribution is 5.78. The molecule has 0 aromatic heterocycles. The Morgan fingerprint density at radius 3 is 2.41 bits per heavy atom. The average molecular weight is 244 g/mol. The topological polar surface area (TPSA) is 50.4 Å². The van der Waals surface area contributed by atoms with Crippen molar-refractivity contribution < 1.29 is 9.53 Å². The van der Waals surface area contributed by atoms with Crippen molar-refractivity contribution in [2.75, 3.05) is 26.3 Å². The van der Waals surface area contributed by atoms with Gasteiger partial charge in [0.2, 0.25) is 5.91 Å². The van der Waals surface area contributed by atoms with Gasteiger partial charge in [0.05, 0.1) is 6.54 Å². The Morgan fingerprint density at radius 2 is 1.82 bits per heavy atom. The first kappa shape index (κ1) is 16.4. The molecule has 0 radical (unpaired) electrons. The molecule has 0 saturated heterocycles. The van der Waals surface area contributed by atoms with Gasteiger partial charge in [-0.2, -0.15) is 0 Å². The molecule has 0 rings (SSSR count). The number of unbranched alkanes of at least 4 members (excludes halogenated alkanes) is 1. The molecule has 102 valence electrons. The number of hydrogen-bond donors (Lipinski definition) is 2. The molecule has 0 aromatic carbocycles. The zero-order chi connectivity index (χ0) is 13.1. The Labute approximate surface area is 105 Å². The van der Waals surface area contributed by atoms with Crippen LogP contribution in [0.2, 0.25) is 0 Å². The second kappa shape index (κ2) is 9.42. The van der Waals surface area contributed by atoms with Gasteiger partial charge in [-0.15, -0.1) is 0 Å². The fourth-order valence-electron chi connectivity index (χ4n) is 1.31. The number of ether oxygens (including phenoxy) is 1. The van der Waals surface area contributed by atoms with Gasteiger partial charge < -0.3 is 15.4 Å². The summed E-state index contributed by atoms with van der Waals surface area (Å²) in [5.74, 6) is 0.0457. The predicted molar refractivity (Wildman–Crippen MR) is 71.1 cm³/mol. The average Bonchev–Trinajstić information content (AvgIpc) is 2.19. The van der Waals surface area contributed by atoms with Gasteiger partial charge in [0.1, 0.15) is 0 Å². The predicted octanol–water partition coefficient (Wildman–Crippen LogP) is 1.70. The largest absolute Gasteiger partial charge is 0.381 e. The van der Waals surface area contributed by atoms with Crippen LogP contribution in [0.5, 0.6) is 0 Å². The molecule has 0 aliphatic heterocycles. The van der Waals surface area contributed by atoms with Crippen LogP contribution in [0.3, 0.4) is 0 Å². The Kier molecular flexibility index (Phi) is 9.09. The molecule has 0 unspecified atom stereocenters. The van der Waals surface area contributed by atoms with Gasteiger partial charge in [-0.25, -0.2) is 0 Å². The number of carbonyl (C=O) groups excluding carboxylic acids is 1. The maximum absolute atomic E-state index is 11.4. The normalized spacial score (nSPS) is 11.5. The molecule has 0 heterocycles. The smallest absolute Gasteiger partial charge is 0.234 e. The summed E-state index contributed by atoms with van der Waals surface area (Å²) in [7, 11) is 0. The summed E-state index contributed by atoms with van der Waals surface area (Å²) in [6.07, 6.45) is 3.25. The van der Waals surface area contributed by atoms with E-state index in [2.05, 4.69) is 17.6 Å². The van der Waals surface area contributed by atoms with Crippen molar-refractivity contribution in [1.29, 1.82) is 0 Å². The molecular formula is C13H28N2O2. The van der Waals surface area contributed by atoms with Crippen LogP contribution in [-0.4, -0.2) is 37.7 Å². The van der Waals surface area contributed by atoms with Crippen LogP contribution >= 0.6 is 0 Å². The molecule has 0 aliphatic carbocycles. The summed E-state index contributed by atoms with van der Waals surface area (Å²) in [6.45, 7) is 10.9. The third-order valence-electron chi connectivity index (χ3n) is 2.08. The molecule has 4 nitrogen and oxygen atoms in total. The lowest BCUT2D eigenvalue weighted by molar-refractivity contribution is -0.121. The Morgan fingerprint density at radius 1 is 1.18 bits per heavy atom. The fourth-order valence-corrected chi connectivity index (χ4v) is 1.31. The first-order valence-corrected chi connectivity index (χ1v) is 6.55. The summed E-state index contributed by atoms with van der Waals surface area (Å²) in [5.41, 5.74) is -0.151. The van der Waals surface area contributed by atoms with Crippen molar-refractivity contribution in [3.05, 3.63) is 0 Å². The van der Waals surface area contributed by atoms with Gasteiger partial charge in [-0.3, -0.25) is 4.79 Å². The molecule has 0 fully saturated rings. The molecule has 4 heteroatoms. The van der Waals surface area contributed by atoms with E-state index in [9.17, 15) is 4.79 Å². The minimum Gasteiger partial charge on any atom is -0.381 e. The highest BCUT2D eigenvalue weighted by Gasteiger charge is 2.12. The minimum absolute atomic E-state index is 0.0457. The summed E-state index contributed by atoms with van der Waals surface area (Å²) in [4.78, 5) is 11.4. The maximum Gasteiger partial charge on any atom is 0.234 e. The second-order valence-corrected chi connectivity index (χ2v) is 5.29. The van der Waals surface area contributed by atoms with E-state index in [1.807, 2.05) is 20.8 Å². The molecule has 0 saturated carbocycles. The third kappa shape index (κ3) is 13.3. The Bertz CT molecular complexity index is 200. The van der Waals surface area contributed by atoms with Gasteiger partial charge >= 0.3 is 0 Å². The van der Waals surface area contributed by atoms with Gasteiger partial charge in [-0.05, 0) is 40.2 Å². The number of carbonyl (C=O) groups is 1. The first-order valence-electron chi connectivity index (χ1n) is 6.55. The Hall–Kier alpha value is -0.610. The van der Waals surface area contributed by atoms with Gasteiger partial charge in [0.15, 0.2) is 0 Å². The number of hydrogen-bond acceptors (Lipinski definition) is 3. The summed E-state index contributed by atoms with van der Waals surface area (Å²) < 4.78 is 5.42. The van der Waals surface area contributed by atoms with Crippen LogP contribution in [0, 0.1) is 0 Å². The molecular weight excluding hydrogens is 216 g/mol. The number of amides is 1. The highest BCUT2D eigenvalue weighted by atomic mass is 16.5. The van der Waals surface area contributed by atoms with Crippen molar-refractivity contribution in [2.24, 2.45) is 0 Å². The van der Waals surface area contributed by atoms with E-state index in [1.54, 1.807) is 0 Å². The minimum atomic E-state index is -0.151. The molecule has 17 heavy (non-hydrogen) atoms. The monoisotopic (exact) mass is 244 g/mol. The Balaban J connectivity index is 3.25. The van der Waals surface area contributed by atoms with Crippen LogP contribution in [0.15, 0.2) is 0 Å². The number of nitrogens with one attached hydrogen (secondary N) is 2. The standard InChI is InChI=1S/C13H28N2O2/c1-5-6-9-17-10-7-8-14-11-12(16)15-13(2,3)4/h14H,5-11H2,1-4H3,(H,15,16). The maximum atomic E-state index is 11.4. The molecule has 0 aliphatic rings. The van der Waals surface area contributed by atoms with Crippen LogP contribution < -0.4 is 10.6 Å². The van der Waals surface area contributed by atoms with Crippen molar-refractivity contribution >= 4 is 5.91 Å². The van der Waals surface area contributed by atoms with Crippen LogP contribution in [0.4, 0.5) is 0 Å². The third-order valence-corrected chi connectivity index (χ3v) is 2.08. The van der Waals surface area contributed by atoms with E-state index in [4.69, 9.17) is 4.74 Å². The van der Waals surface area contributed by atoms with E-state index in [0.717, 1.165) is 32.6 Å². The molecule has 2 N–H and O–H groups in total. The summed E-state index contributed by atoms with van der Waals surface area (Å²) >= 11 is 0. The van der Waals surface area contributed by atoms with E-state index < -0.39 is 0 Å². The van der Waals surface area contributed by atoms with E-state index >= 15 is 0 Å². The zero-order valence-electron chi connectivity index (χ0n) is 11.8. The SMILES string of the molecule is CCCCOCCCNCC(=O)NC(C)(C)C. The highest BCUT2D eigenvalue weighted by Crippen LogP contribution is 1.97. The first-order chi connectivity index (χ1) is 7.95. The zero-order valence-corrected chi connectivity index (χ0v) is 11.8. The number of rotatable bonds is 9. The second-order valence-electron chi connectivity index (χ2n) is 5.29. The lowest BCUT2D eigenvalue weighted by Gasteiger charge is -2.20. The van der Waals surface area contributed by atoms with Gasteiger partial charge in [0, 0.05) is 18.8 Å². The quantitative estimate of drug-likeness (QED) is 0.607. The van der Waals surface area contributed by atoms with Crippen LogP contribution in [-0.2, 0) is 9.53 Å². The van der Waals surface area contributed by atoms with Gasteiger partial charge in [-0.1, -0.05) is 13.3 Å². The lowest BCUT2D eigenvalue weighted by atomic mass is 10.1. The summed E-state index contributed by atoms with van der Waals surface area (Å²) in [6, 6.07) is 0. The van der Waals surface area contributed by atoms with Crippen molar-refractivity contribution in [2.45, 2.75) is 52.5 Å². The van der Waals surface area contributed by atoms with Crippen LogP contribution in [0.1, 0.15) is 47.0 Å². The van der Waals surface area contributed by atoms with Crippen molar-refractivity contribution in [3.63, 3.8) is 0 Å². The van der Waals surface area contributed by atoms with E-state index in [-0.39, 0.29) is 11.4 Å². The van der Waals surface area contributed by atoms with Crippen LogP contribution in [0.25, 0.3) is 0 Å². The van der Waals surface area contributed by atoms with E-state index in [0.29, 0.717) is 6.54 Å². The molecule has 0 bridgehead atoms. The molecule has 0 spiro atoms. The molecule has 0 atom stereocenters. The molecule has 1 amide bonds. The van der Waals surface area contributed by atoms with Gasteiger partial charge in [0.25, 0.3) is 0 Å². The molecule has 0 aromatic rings. The van der Waals surface area contributed by atoms with E-state index in [1.165, 1.54) is 6.42 Å². The van der Waals surface area contributed by atoms with Crippen molar-refractivity contribution in [1.82, 2.24) is 10.6 Å². The fraction of sp³-hybridized carbons (Fsp3) is 0.923.